The first kappa shape index (κ1) is 38.4. The van der Waals surface area contributed by atoms with Crippen molar-refractivity contribution in [1.82, 2.24) is 15.0 Å². The molecule has 12 heteroatoms. The fourth-order valence-electron chi connectivity index (χ4n) is 5.58. The molecule has 5 aromatic rings. The number of carbonyl (C=O) groups is 2. The maximum atomic E-state index is 13.5. The standard InChI is InChI=1S/C41H44N6O6/c1-3-23-50-25-27-52-29-30-53-28-26-51-24-22-47-31-39(45-46-47)41(34-12-6-4-7-13-34,35-14-8-5-9-15-35)44-38-17-11-10-16-37(38)43-40(49)33-18-20-36(21-19-33)42-32(2)48/h1,4-21,31,44H,22-30H2,2H3,(H,42,48)(H,43,49). The molecule has 12 nitrogen and oxygen atoms in total. The Morgan fingerprint density at radius 1 is 0.698 bits per heavy atom. The van der Waals surface area contributed by atoms with Gasteiger partial charge in [-0.05, 0) is 47.5 Å². The molecule has 0 radical (unpaired) electrons. The summed E-state index contributed by atoms with van der Waals surface area (Å²) in [5.41, 5.74) is 3.78. The summed E-state index contributed by atoms with van der Waals surface area (Å²) in [5.74, 6) is 1.93. The molecule has 2 amide bonds. The first-order valence-electron chi connectivity index (χ1n) is 17.3. The summed E-state index contributed by atoms with van der Waals surface area (Å²) in [6, 6.07) is 34.3. The number of para-hydroxylation sites is 2. The Kier molecular flexibility index (Phi) is 14.7. The lowest BCUT2D eigenvalue weighted by Gasteiger charge is -2.36. The van der Waals surface area contributed by atoms with Gasteiger partial charge in [0.25, 0.3) is 5.91 Å². The van der Waals surface area contributed by atoms with Crippen LogP contribution >= 0.6 is 0 Å². The molecule has 3 N–H and O–H groups in total. The molecule has 0 fully saturated rings. The third kappa shape index (κ3) is 11.1. The van der Waals surface area contributed by atoms with Crippen LogP contribution in [0.15, 0.2) is 115 Å². The van der Waals surface area contributed by atoms with Crippen LogP contribution in [0, 0.1) is 12.3 Å². The minimum atomic E-state index is -1.01. The van der Waals surface area contributed by atoms with E-state index in [0.717, 1.165) is 11.1 Å². The molecule has 0 bridgehead atoms. The third-order valence-corrected chi connectivity index (χ3v) is 8.07. The van der Waals surface area contributed by atoms with Gasteiger partial charge in [0, 0.05) is 18.2 Å². The Bertz CT molecular complexity index is 1870. The van der Waals surface area contributed by atoms with Crippen LogP contribution in [0.5, 0.6) is 0 Å². The topological polar surface area (TPSA) is 138 Å². The Balaban J connectivity index is 1.30. The lowest BCUT2D eigenvalue weighted by atomic mass is 9.80. The average Bonchev–Trinajstić information content (AvgIpc) is 3.66. The maximum Gasteiger partial charge on any atom is 0.255 e. The summed E-state index contributed by atoms with van der Waals surface area (Å²) in [5, 5.41) is 18.8. The van der Waals surface area contributed by atoms with Gasteiger partial charge in [0.15, 0.2) is 0 Å². The number of carbonyl (C=O) groups excluding carboxylic acids is 2. The van der Waals surface area contributed by atoms with Crippen molar-refractivity contribution in [3.63, 3.8) is 0 Å². The van der Waals surface area contributed by atoms with Crippen molar-refractivity contribution in [2.45, 2.75) is 19.0 Å². The quantitative estimate of drug-likeness (QED) is 0.0656. The van der Waals surface area contributed by atoms with Gasteiger partial charge in [-0.2, -0.15) is 0 Å². The number of rotatable bonds is 21. The molecule has 0 saturated heterocycles. The van der Waals surface area contributed by atoms with Gasteiger partial charge in [0.1, 0.15) is 17.8 Å². The van der Waals surface area contributed by atoms with Crippen molar-refractivity contribution in [1.29, 1.82) is 0 Å². The molecule has 4 aromatic carbocycles. The summed E-state index contributed by atoms with van der Waals surface area (Å²) in [6.07, 6.45) is 7.06. The molecular weight excluding hydrogens is 672 g/mol. The molecule has 1 aromatic heterocycles. The van der Waals surface area contributed by atoms with Crippen molar-refractivity contribution in [2.75, 3.05) is 68.8 Å². The zero-order valence-electron chi connectivity index (χ0n) is 29.7. The van der Waals surface area contributed by atoms with Crippen LogP contribution in [0.2, 0.25) is 0 Å². The number of hydrogen-bond acceptors (Lipinski definition) is 9. The number of amides is 2. The van der Waals surface area contributed by atoms with Gasteiger partial charge in [0.2, 0.25) is 5.91 Å². The fourth-order valence-corrected chi connectivity index (χ4v) is 5.58. The highest BCUT2D eigenvalue weighted by atomic mass is 16.6. The number of benzene rings is 4. The summed E-state index contributed by atoms with van der Waals surface area (Å²) in [4.78, 5) is 24.9. The predicted octanol–water partition coefficient (Wildman–Crippen LogP) is 5.59. The molecule has 53 heavy (non-hydrogen) atoms. The number of nitrogens with one attached hydrogen (secondary N) is 3. The van der Waals surface area contributed by atoms with E-state index in [-0.39, 0.29) is 18.4 Å². The van der Waals surface area contributed by atoms with Gasteiger partial charge < -0.3 is 34.9 Å². The highest BCUT2D eigenvalue weighted by Crippen LogP contribution is 2.40. The lowest BCUT2D eigenvalue weighted by Crippen LogP contribution is -2.39. The zero-order chi connectivity index (χ0) is 37.1. The molecule has 0 unspecified atom stereocenters. The molecule has 5 rings (SSSR count). The highest BCUT2D eigenvalue weighted by molar-refractivity contribution is 6.06. The average molecular weight is 717 g/mol. The van der Waals surface area contributed by atoms with Crippen molar-refractivity contribution in [2.24, 2.45) is 0 Å². The summed E-state index contributed by atoms with van der Waals surface area (Å²) >= 11 is 0. The lowest BCUT2D eigenvalue weighted by molar-refractivity contribution is -0.114. The molecule has 0 aliphatic heterocycles. The SMILES string of the molecule is C#CCOCCOCCOCCOCCn1cc(C(Nc2ccccc2NC(=O)c2ccc(NC(C)=O)cc2)(c2ccccc2)c2ccccc2)nn1. The number of anilines is 3. The van der Waals surface area contributed by atoms with E-state index in [1.54, 1.807) is 28.9 Å². The molecule has 0 saturated carbocycles. The number of terminal acetylenes is 1. The predicted molar refractivity (Wildman–Crippen MR) is 204 cm³/mol. The van der Waals surface area contributed by atoms with Crippen molar-refractivity contribution in [3.05, 3.63) is 138 Å². The molecule has 0 spiro atoms. The molecule has 1 heterocycles. The van der Waals surface area contributed by atoms with E-state index < -0.39 is 5.54 Å². The van der Waals surface area contributed by atoms with Crippen LogP contribution in [-0.4, -0.2) is 79.7 Å². The summed E-state index contributed by atoms with van der Waals surface area (Å²) in [7, 11) is 0. The van der Waals surface area contributed by atoms with Gasteiger partial charge in [-0.1, -0.05) is 83.9 Å². The summed E-state index contributed by atoms with van der Waals surface area (Å²) in [6.45, 7) is 5.30. The second-order valence-electron chi connectivity index (χ2n) is 11.8. The van der Waals surface area contributed by atoms with E-state index in [0.29, 0.717) is 81.1 Å². The van der Waals surface area contributed by atoms with Crippen LogP contribution in [0.1, 0.15) is 34.1 Å². The van der Waals surface area contributed by atoms with Crippen molar-refractivity contribution in [3.8, 4) is 12.3 Å². The van der Waals surface area contributed by atoms with Gasteiger partial charge in [-0.3, -0.25) is 9.59 Å². The monoisotopic (exact) mass is 716 g/mol. The number of ether oxygens (including phenoxy) is 4. The van der Waals surface area contributed by atoms with E-state index in [4.69, 9.17) is 30.5 Å². The van der Waals surface area contributed by atoms with E-state index in [2.05, 4.69) is 27.1 Å². The highest BCUT2D eigenvalue weighted by Gasteiger charge is 2.40. The van der Waals surface area contributed by atoms with Crippen LogP contribution in [0.3, 0.4) is 0 Å². The molecular formula is C41H44N6O6. The Morgan fingerprint density at radius 2 is 1.25 bits per heavy atom. The Hall–Kier alpha value is -5.84. The second-order valence-corrected chi connectivity index (χ2v) is 11.8. The maximum absolute atomic E-state index is 13.5. The first-order valence-corrected chi connectivity index (χ1v) is 17.3. The number of aromatic nitrogens is 3. The van der Waals surface area contributed by atoms with Crippen LogP contribution in [0.25, 0.3) is 0 Å². The summed E-state index contributed by atoms with van der Waals surface area (Å²) < 4.78 is 23.8. The first-order chi connectivity index (χ1) is 26.0. The van der Waals surface area contributed by atoms with E-state index in [1.165, 1.54) is 6.92 Å². The largest absolute Gasteiger partial charge is 0.377 e. The van der Waals surface area contributed by atoms with E-state index in [1.807, 2.05) is 91.1 Å². The molecule has 274 valence electrons. The normalized spacial score (nSPS) is 11.1. The fraction of sp³-hybridized carbons (Fsp3) is 0.268. The van der Waals surface area contributed by atoms with Gasteiger partial charge in [-0.15, -0.1) is 11.5 Å². The van der Waals surface area contributed by atoms with Gasteiger partial charge in [-0.25, -0.2) is 4.68 Å². The van der Waals surface area contributed by atoms with Crippen molar-refractivity contribution >= 4 is 28.9 Å². The van der Waals surface area contributed by atoms with Crippen LogP contribution in [-0.2, 0) is 35.8 Å². The zero-order valence-corrected chi connectivity index (χ0v) is 29.7. The van der Waals surface area contributed by atoms with Crippen LogP contribution < -0.4 is 16.0 Å². The Labute approximate surface area is 309 Å². The van der Waals surface area contributed by atoms with E-state index >= 15 is 0 Å². The molecule has 0 atom stereocenters. The molecule has 0 aliphatic carbocycles. The smallest absolute Gasteiger partial charge is 0.255 e. The number of nitrogens with zero attached hydrogens (tertiary/aromatic N) is 3. The number of hydrogen-bond donors (Lipinski definition) is 3. The van der Waals surface area contributed by atoms with E-state index in [9.17, 15) is 9.59 Å². The van der Waals surface area contributed by atoms with Gasteiger partial charge >= 0.3 is 0 Å². The second kappa shape index (κ2) is 20.3. The van der Waals surface area contributed by atoms with Crippen LogP contribution in [0.4, 0.5) is 17.1 Å². The van der Waals surface area contributed by atoms with Gasteiger partial charge in [0.05, 0.1) is 70.4 Å². The molecule has 0 aliphatic rings. The minimum absolute atomic E-state index is 0.185. The third-order valence-electron chi connectivity index (χ3n) is 8.07. The Morgan fingerprint density at radius 3 is 1.83 bits per heavy atom. The minimum Gasteiger partial charge on any atom is -0.377 e. The van der Waals surface area contributed by atoms with Crippen molar-refractivity contribution < 1.29 is 28.5 Å².